The second-order valence-electron chi connectivity index (χ2n) is 6.81. The van der Waals surface area contributed by atoms with Gasteiger partial charge in [0.1, 0.15) is 0 Å². The summed E-state index contributed by atoms with van der Waals surface area (Å²) in [6.07, 6.45) is 2.19. The van der Waals surface area contributed by atoms with Gasteiger partial charge < -0.3 is 5.01 Å². The summed E-state index contributed by atoms with van der Waals surface area (Å²) in [4.78, 5) is 0. The molecule has 5 rings (SSSR count). The van der Waals surface area contributed by atoms with Crippen molar-refractivity contribution in [2.45, 2.75) is 24.4 Å². The third-order valence-electron chi connectivity index (χ3n) is 5.46. The van der Waals surface area contributed by atoms with Gasteiger partial charge in [-0.3, -0.25) is 0 Å². The van der Waals surface area contributed by atoms with Crippen molar-refractivity contribution in [1.82, 2.24) is 5.43 Å². The summed E-state index contributed by atoms with van der Waals surface area (Å²) in [5, 5.41) is 2.40. The van der Waals surface area contributed by atoms with Gasteiger partial charge in [0, 0.05) is 0 Å². The number of nitrogens with one attached hydrogen (secondary N) is 1. The van der Waals surface area contributed by atoms with E-state index in [2.05, 4.69) is 95.4 Å². The summed E-state index contributed by atoms with van der Waals surface area (Å²) >= 11 is 0. The van der Waals surface area contributed by atoms with Crippen molar-refractivity contribution >= 4 is 5.69 Å². The molecule has 0 unspecified atom stereocenters. The van der Waals surface area contributed by atoms with Crippen LogP contribution in [0.3, 0.4) is 0 Å². The molecule has 0 spiro atoms. The fourth-order valence-electron chi connectivity index (χ4n) is 4.36. The third-order valence-corrected chi connectivity index (χ3v) is 5.46. The first-order valence-electron chi connectivity index (χ1n) is 8.63. The molecule has 3 aromatic rings. The second kappa shape index (κ2) is 5.22. The highest BCUT2D eigenvalue weighted by molar-refractivity contribution is 5.61. The SMILES string of the molecule is c1ccc(C2(c3ccccc3)C[C@@H]3Cc4ccccc4N3N2)cc1. The molecule has 2 aliphatic rings. The van der Waals surface area contributed by atoms with Crippen molar-refractivity contribution < 1.29 is 0 Å². The first kappa shape index (κ1) is 13.8. The Balaban J connectivity index is 1.64. The lowest BCUT2D eigenvalue weighted by Gasteiger charge is -2.32. The van der Waals surface area contributed by atoms with Crippen LogP contribution in [0.25, 0.3) is 0 Å². The zero-order valence-corrected chi connectivity index (χ0v) is 13.5. The molecule has 118 valence electrons. The number of hydrogen-bond acceptors (Lipinski definition) is 2. The van der Waals surface area contributed by atoms with Crippen LogP contribution >= 0.6 is 0 Å². The monoisotopic (exact) mass is 312 g/mol. The van der Waals surface area contributed by atoms with Gasteiger partial charge >= 0.3 is 0 Å². The topological polar surface area (TPSA) is 15.3 Å². The molecule has 3 aromatic carbocycles. The normalized spacial score (nSPS) is 20.7. The van der Waals surface area contributed by atoms with E-state index < -0.39 is 0 Å². The van der Waals surface area contributed by atoms with E-state index >= 15 is 0 Å². The molecular formula is C22H20N2. The molecule has 2 heterocycles. The standard InChI is InChI=1S/C22H20N2/c1-3-10-18(11-4-1)22(19-12-5-2-6-13-19)16-20-15-17-9-7-8-14-21(17)24(20)23-22/h1-14,20,23H,15-16H2/t20-/m0/s1. The zero-order chi connectivity index (χ0) is 16.0. The van der Waals surface area contributed by atoms with Crippen LogP contribution in [0.1, 0.15) is 23.1 Å². The van der Waals surface area contributed by atoms with Gasteiger partial charge in [0.05, 0.1) is 17.3 Å². The molecule has 0 saturated carbocycles. The highest BCUT2D eigenvalue weighted by Gasteiger charge is 2.48. The zero-order valence-electron chi connectivity index (χ0n) is 13.5. The Bertz CT molecular complexity index is 818. The van der Waals surface area contributed by atoms with Crippen molar-refractivity contribution in [2.24, 2.45) is 0 Å². The summed E-state index contributed by atoms with van der Waals surface area (Å²) in [6, 6.07) is 31.0. The van der Waals surface area contributed by atoms with E-state index in [0.29, 0.717) is 6.04 Å². The van der Waals surface area contributed by atoms with Gasteiger partial charge in [0.15, 0.2) is 0 Å². The average molecular weight is 312 g/mol. The molecule has 0 aromatic heterocycles. The van der Waals surface area contributed by atoms with Crippen LogP contribution in [-0.4, -0.2) is 6.04 Å². The lowest BCUT2D eigenvalue weighted by molar-refractivity contribution is 0.461. The number of fused-ring (bicyclic) bond motifs is 3. The van der Waals surface area contributed by atoms with Crippen LogP contribution in [0.2, 0.25) is 0 Å². The van der Waals surface area contributed by atoms with E-state index in [1.807, 2.05) is 0 Å². The number of anilines is 1. The van der Waals surface area contributed by atoms with E-state index in [0.717, 1.165) is 12.8 Å². The quantitative estimate of drug-likeness (QED) is 0.760. The first-order valence-corrected chi connectivity index (χ1v) is 8.63. The van der Waals surface area contributed by atoms with Gasteiger partial charge in [-0.2, -0.15) is 0 Å². The number of hydrazine groups is 1. The third kappa shape index (κ3) is 1.93. The fraction of sp³-hybridized carbons (Fsp3) is 0.182. The Kier molecular flexibility index (Phi) is 3.00. The van der Waals surface area contributed by atoms with E-state index in [4.69, 9.17) is 0 Å². The summed E-state index contributed by atoms with van der Waals surface area (Å²) in [5.74, 6) is 0. The Morgan fingerprint density at radius 2 is 1.33 bits per heavy atom. The van der Waals surface area contributed by atoms with E-state index in [9.17, 15) is 0 Å². The van der Waals surface area contributed by atoms with Crippen molar-refractivity contribution in [3.8, 4) is 0 Å². The predicted octanol–water partition coefficient (Wildman–Crippen LogP) is 4.27. The molecule has 0 amide bonds. The van der Waals surface area contributed by atoms with Gasteiger partial charge in [0.2, 0.25) is 0 Å². The van der Waals surface area contributed by atoms with Crippen LogP contribution in [0.4, 0.5) is 5.69 Å². The highest BCUT2D eigenvalue weighted by Crippen LogP contribution is 2.46. The van der Waals surface area contributed by atoms with Crippen LogP contribution in [-0.2, 0) is 12.0 Å². The Labute approximate surface area is 142 Å². The Morgan fingerprint density at radius 3 is 2.00 bits per heavy atom. The number of rotatable bonds is 2. The Morgan fingerprint density at radius 1 is 0.750 bits per heavy atom. The second-order valence-corrected chi connectivity index (χ2v) is 6.81. The molecule has 1 N–H and O–H groups in total. The summed E-state index contributed by atoms with van der Waals surface area (Å²) in [5.41, 5.74) is 9.19. The lowest BCUT2D eigenvalue weighted by Crippen LogP contribution is -2.45. The van der Waals surface area contributed by atoms with Crippen LogP contribution in [0.5, 0.6) is 0 Å². The molecule has 2 heteroatoms. The van der Waals surface area contributed by atoms with Crippen LogP contribution < -0.4 is 10.4 Å². The maximum absolute atomic E-state index is 3.89. The molecule has 24 heavy (non-hydrogen) atoms. The number of para-hydroxylation sites is 1. The minimum absolute atomic E-state index is 0.152. The minimum Gasteiger partial charge on any atom is -0.304 e. The number of hydrogen-bond donors (Lipinski definition) is 1. The molecule has 1 saturated heterocycles. The Hall–Kier alpha value is -2.58. The van der Waals surface area contributed by atoms with Gasteiger partial charge in [0.25, 0.3) is 0 Å². The largest absolute Gasteiger partial charge is 0.304 e. The van der Waals surface area contributed by atoms with Crippen molar-refractivity contribution in [2.75, 3.05) is 5.01 Å². The van der Waals surface area contributed by atoms with Crippen molar-refractivity contribution in [1.29, 1.82) is 0 Å². The predicted molar refractivity (Wildman–Crippen MR) is 97.8 cm³/mol. The van der Waals surface area contributed by atoms with E-state index in [-0.39, 0.29) is 5.54 Å². The molecule has 2 aliphatic heterocycles. The average Bonchev–Trinajstić information content (AvgIpc) is 3.19. The fourth-order valence-corrected chi connectivity index (χ4v) is 4.36. The highest BCUT2D eigenvalue weighted by atomic mass is 15.6. The summed E-state index contributed by atoms with van der Waals surface area (Å²) < 4.78 is 0. The molecule has 1 fully saturated rings. The van der Waals surface area contributed by atoms with Gasteiger partial charge in [-0.05, 0) is 35.6 Å². The summed E-state index contributed by atoms with van der Waals surface area (Å²) in [7, 11) is 0. The lowest BCUT2D eigenvalue weighted by atomic mass is 9.79. The van der Waals surface area contributed by atoms with Crippen molar-refractivity contribution in [3.63, 3.8) is 0 Å². The minimum atomic E-state index is -0.152. The van der Waals surface area contributed by atoms with Crippen LogP contribution in [0, 0.1) is 0 Å². The van der Waals surface area contributed by atoms with E-state index in [1.54, 1.807) is 0 Å². The maximum Gasteiger partial charge on any atom is 0.0891 e. The molecule has 0 radical (unpaired) electrons. The smallest absolute Gasteiger partial charge is 0.0891 e. The first-order chi connectivity index (χ1) is 11.9. The van der Waals surface area contributed by atoms with Crippen molar-refractivity contribution in [3.05, 3.63) is 102 Å². The molecule has 0 aliphatic carbocycles. The number of nitrogens with zero attached hydrogens (tertiary/aromatic N) is 1. The molecule has 0 bridgehead atoms. The van der Waals surface area contributed by atoms with Gasteiger partial charge in [-0.1, -0.05) is 78.9 Å². The van der Waals surface area contributed by atoms with Gasteiger partial charge in [-0.25, -0.2) is 5.43 Å². The molecular weight excluding hydrogens is 292 g/mol. The summed E-state index contributed by atoms with van der Waals surface area (Å²) in [6.45, 7) is 0. The van der Waals surface area contributed by atoms with Gasteiger partial charge in [-0.15, -0.1) is 0 Å². The number of benzene rings is 3. The molecule has 2 nitrogen and oxygen atoms in total. The van der Waals surface area contributed by atoms with E-state index in [1.165, 1.54) is 22.4 Å². The maximum atomic E-state index is 3.89. The van der Waals surface area contributed by atoms with Crippen LogP contribution in [0.15, 0.2) is 84.9 Å². The molecule has 1 atom stereocenters.